The Balaban J connectivity index is 2.35. The number of anilines is 1. The van der Waals surface area contributed by atoms with Gasteiger partial charge >= 0.3 is 0 Å². The van der Waals surface area contributed by atoms with Gasteiger partial charge < -0.3 is 15.2 Å². The van der Waals surface area contributed by atoms with Gasteiger partial charge in [0.2, 0.25) is 0 Å². The van der Waals surface area contributed by atoms with E-state index in [9.17, 15) is 4.79 Å². The molecular weight excluding hydrogens is 381 g/mol. The number of hydrogen-bond donors (Lipinski definition) is 1. The molecule has 0 spiro atoms. The molecule has 21 heavy (non-hydrogen) atoms. The first kappa shape index (κ1) is 15.6. The van der Waals surface area contributed by atoms with Crippen molar-refractivity contribution in [1.82, 2.24) is 0 Å². The van der Waals surface area contributed by atoms with Gasteiger partial charge in [0.25, 0.3) is 0 Å². The number of ether oxygens (including phenoxy) is 2. The Labute approximate surface area is 137 Å². The molecule has 0 heterocycles. The maximum Gasteiger partial charge on any atom is 0.159 e. The maximum absolute atomic E-state index is 11.5. The first-order valence-corrected chi connectivity index (χ1v) is 7.42. The smallest absolute Gasteiger partial charge is 0.159 e. The minimum atomic E-state index is 0.0382. The molecule has 0 aliphatic rings. The third kappa shape index (κ3) is 3.47. The minimum absolute atomic E-state index is 0.0382. The standard InChI is InChI=1S/C16H16INO3/c1-9-6-11(10(2)19)7-13(17)16(9)21-12-4-5-15(20-3)14(18)8-12/h4-8H,18H2,1-3H3. The largest absolute Gasteiger partial charge is 0.495 e. The molecule has 2 aromatic rings. The van der Waals surface area contributed by atoms with Gasteiger partial charge in [0.05, 0.1) is 16.4 Å². The van der Waals surface area contributed by atoms with E-state index in [0.29, 0.717) is 22.7 Å². The molecule has 0 saturated heterocycles. The summed E-state index contributed by atoms with van der Waals surface area (Å²) in [6.07, 6.45) is 0. The number of rotatable bonds is 4. The minimum Gasteiger partial charge on any atom is -0.495 e. The van der Waals surface area contributed by atoms with Crippen LogP contribution in [0.25, 0.3) is 0 Å². The summed E-state index contributed by atoms with van der Waals surface area (Å²) in [6.45, 7) is 3.46. The zero-order valence-electron chi connectivity index (χ0n) is 12.1. The number of carbonyl (C=O) groups is 1. The molecule has 4 nitrogen and oxygen atoms in total. The molecule has 0 bridgehead atoms. The summed E-state index contributed by atoms with van der Waals surface area (Å²) < 4.78 is 11.9. The summed E-state index contributed by atoms with van der Waals surface area (Å²) in [4.78, 5) is 11.5. The summed E-state index contributed by atoms with van der Waals surface area (Å²) in [7, 11) is 1.57. The fourth-order valence-electron chi connectivity index (χ4n) is 1.96. The quantitative estimate of drug-likeness (QED) is 0.478. The van der Waals surface area contributed by atoms with Crippen LogP contribution in [0, 0.1) is 10.5 Å². The SMILES string of the molecule is COc1ccc(Oc2c(C)cc(C(C)=O)cc2I)cc1N. The zero-order chi connectivity index (χ0) is 15.6. The molecule has 0 fully saturated rings. The van der Waals surface area contributed by atoms with Crippen LogP contribution < -0.4 is 15.2 Å². The molecule has 0 atom stereocenters. The van der Waals surface area contributed by atoms with Crippen molar-refractivity contribution >= 4 is 34.1 Å². The molecule has 0 amide bonds. The Bertz CT molecular complexity index is 675. The molecular formula is C16H16INO3. The molecule has 0 aliphatic carbocycles. The molecule has 5 heteroatoms. The van der Waals surface area contributed by atoms with Crippen LogP contribution in [0.4, 0.5) is 5.69 Å². The fraction of sp³-hybridized carbons (Fsp3) is 0.188. The number of hydrogen-bond acceptors (Lipinski definition) is 4. The second-order valence-electron chi connectivity index (χ2n) is 4.67. The number of carbonyl (C=O) groups excluding carboxylic acids is 1. The predicted molar refractivity (Wildman–Crippen MR) is 91.4 cm³/mol. The third-order valence-electron chi connectivity index (χ3n) is 3.06. The number of nitrogen functional groups attached to an aromatic ring is 1. The fourth-order valence-corrected chi connectivity index (χ4v) is 2.83. The Morgan fingerprint density at radius 3 is 2.48 bits per heavy atom. The highest BCUT2D eigenvalue weighted by atomic mass is 127. The molecule has 2 aromatic carbocycles. The van der Waals surface area contributed by atoms with Gasteiger partial charge in [-0.15, -0.1) is 0 Å². The number of nitrogens with two attached hydrogens (primary N) is 1. The van der Waals surface area contributed by atoms with E-state index in [0.717, 1.165) is 14.9 Å². The van der Waals surface area contributed by atoms with Crippen molar-refractivity contribution in [2.24, 2.45) is 0 Å². The van der Waals surface area contributed by atoms with Gasteiger partial charge in [-0.05, 0) is 66.3 Å². The van der Waals surface area contributed by atoms with E-state index in [1.54, 1.807) is 32.2 Å². The number of methoxy groups -OCH3 is 1. The topological polar surface area (TPSA) is 61.5 Å². The Kier molecular flexibility index (Phi) is 4.72. The van der Waals surface area contributed by atoms with Crippen molar-refractivity contribution < 1.29 is 14.3 Å². The zero-order valence-corrected chi connectivity index (χ0v) is 14.2. The first-order valence-electron chi connectivity index (χ1n) is 6.35. The van der Waals surface area contributed by atoms with E-state index >= 15 is 0 Å². The van der Waals surface area contributed by atoms with Crippen LogP contribution in [-0.2, 0) is 0 Å². The number of halogens is 1. The Morgan fingerprint density at radius 2 is 1.95 bits per heavy atom. The van der Waals surface area contributed by atoms with Crippen molar-refractivity contribution in [1.29, 1.82) is 0 Å². The second kappa shape index (κ2) is 6.34. The van der Waals surface area contributed by atoms with Crippen LogP contribution >= 0.6 is 22.6 Å². The Morgan fingerprint density at radius 1 is 1.24 bits per heavy atom. The lowest BCUT2D eigenvalue weighted by Gasteiger charge is -2.13. The van der Waals surface area contributed by atoms with Crippen LogP contribution in [-0.4, -0.2) is 12.9 Å². The molecule has 0 unspecified atom stereocenters. The van der Waals surface area contributed by atoms with E-state index in [1.807, 2.05) is 19.1 Å². The van der Waals surface area contributed by atoms with Gasteiger partial charge in [0.15, 0.2) is 5.78 Å². The molecule has 2 N–H and O–H groups in total. The molecule has 0 radical (unpaired) electrons. The van der Waals surface area contributed by atoms with Gasteiger partial charge in [-0.3, -0.25) is 4.79 Å². The third-order valence-corrected chi connectivity index (χ3v) is 3.86. The van der Waals surface area contributed by atoms with Crippen molar-refractivity contribution in [3.8, 4) is 17.2 Å². The van der Waals surface area contributed by atoms with E-state index in [1.165, 1.54) is 0 Å². The van der Waals surface area contributed by atoms with Crippen molar-refractivity contribution in [3.63, 3.8) is 0 Å². The highest BCUT2D eigenvalue weighted by Gasteiger charge is 2.12. The summed E-state index contributed by atoms with van der Waals surface area (Å²) in [5, 5.41) is 0. The van der Waals surface area contributed by atoms with Gasteiger partial charge in [-0.25, -0.2) is 0 Å². The van der Waals surface area contributed by atoms with Gasteiger partial charge in [0, 0.05) is 11.6 Å². The molecule has 110 valence electrons. The van der Waals surface area contributed by atoms with Crippen LogP contribution in [0.15, 0.2) is 30.3 Å². The normalized spacial score (nSPS) is 10.3. The second-order valence-corrected chi connectivity index (χ2v) is 5.83. The van der Waals surface area contributed by atoms with Crippen LogP contribution in [0.1, 0.15) is 22.8 Å². The first-order chi connectivity index (χ1) is 9.92. The van der Waals surface area contributed by atoms with Crippen molar-refractivity contribution in [2.45, 2.75) is 13.8 Å². The summed E-state index contributed by atoms with van der Waals surface area (Å²) in [5.74, 6) is 2.01. The number of Topliss-reactive ketones (excluding diaryl/α,β-unsaturated/α-hetero) is 1. The summed E-state index contributed by atoms with van der Waals surface area (Å²) in [6, 6.07) is 8.92. The van der Waals surface area contributed by atoms with E-state index in [-0.39, 0.29) is 5.78 Å². The van der Waals surface area contributed by atoms with Crippen molar-refractivity contribution in [2.75, 3.05) is 12.8 Å². The maximum atomic E-state index is 11.5. The van der Waals surface area contributed by atoms with Gasteiger partial charge in [0.1, 0.15) is 17.2 Å². The van der Waals surface area contributed by atoms with Gasteiger partial charge in [-0.1, -0.05) is 0 Å². The number of benzene rings is 2. The van der Waals surface area contributed by atoms with Crippen molar-refractivity contribution in [3.05, 3.63) is 45.0 Å². The lowest BCUT2D eigenvalue weighted by Crippen LogP contribution is -1.98. The molecule has 0 aromatic heterocycles. The highest BCUT2D eigenvalue weighted by molar-refractivity contribution is 14.1. The van der Waals surface area contributed by atoms with Crippen LogP contribution in [0.3, 0.4) is 0 Å². The lowest BCUT2D eigenvalue weighted by molar-refractivity contribution is 0.101. The monoisotopic (exact) mass is 397 g/mol. The summed E-state index contributed by atoms with van der Waals surface area (Å²) in [5.41, 5.74) is 7.97. The average molecular weight is 397 g/mol. The molecule has 0 aliphatic heterocycles. The van der Waals surface area contributed by atoms with Crippen LogP contribution in [0.5, 0.6) is 17.2 Å². The highest BCUT2D eigenvalue weighted by Crippen LogP contribution is 2.34. The number of aryl methyl sites for hydroxylation is 1. The molecule has 2 rings (SSSR count). The van der Waals surface area contributed by atoms with Crippen LogP contribution in [0.2, 0.25) is 0 Å². The van der Waals surface area contributed by atoms with E-state index in [2.05, 4.69) is 22.6 Å². The summed E-state index contributed by atoms with van der Waals surface area (Å²) >= 11 is 2.16. The average Bonchev–Trinajstić information content (AvgIpc) is 2.42. The molecule has 0 saturated carbocycles. The Hall–Kier alpha value is -1.76. The van der Waals surface area contributed by atoms with E-state index in [4.69, 9.17) is 15.2 Å². The number of ketones is 1. The van der Waals surface area contributed by atoms with E-state index < -0.39 is 0 Å². The predicted octanol–water partition coefficient (Wildman–Crippen LogP) is 4.19. The lowest BCUT2D eigenvalue weighted by atomic mass is 10.1. The van der Waals surface area contributed by atoms with Gasteiger partial charge in [-0.2, -0.15) is 0 Å².